The molecule has 0 bridgehead atoms. The molecule has 0 spiro atoms. The molecule has 3 nitrogen and oxygen atoms in total. The molecule has 4 N–H and O–H groups in total. The van der Waals surface area contributed by atoms with E-state index in [1.54, 1.807) is 0 Å². The van der Waals surface area contributed by atoms with Crippen LogP contribution in [-0.4, -0.2) is 6.54 Å². The summed E-state index contributed by atoms with van der Waals surface area (Å²) in [5.41, 5.74) is 13.7. The lowest BCUT2D eigenvalue weighted by Crippen LogP contribution is -2.22. The lowest BCUT2D eigenvalue weighted by molar-refractivity contribution is 0.662. The maximum Gasteiger partial charge on any atom is 0.0489 e. The summed E-state index contributed by atoms with van der Waals surface area (Å²) in [6.45, 7) is 3.20. The van der Waals surface area contributed by atoms with Gasteiger partial charge in [0.15, 0.2) is 0 Å². The van der Waals surface area contributed by atoms with Gasteiger partial charge in [0.2, 0.25) is 0 Å². The minimum absolute atomic E-state index is 0.793. The van der Waals surface area contributed by atoms with Gasteiger partial charge in [0.1, 0.15) is 0 Å². The van der Waals surface area contributed by atoms with E-state index in [0.717, 1.165) is 17.9 Å². The Morgan fingerprint density at radius 3 is 2.50 bits per heavy atom. The number of hydrogen-bond donors (Lipinski definition) is 3. The highest BCUT2D eigenvalue weighted by atomic mass is 15.3. The molecule has 14 heavy (non-hydrogen) atoms. The Morgan fingerprint density at radius 2 is 1.86 bits per heavy atom. The molecule has 0 aliphatic heterocycles. The summed E-state index contributed by atoms with van der Waals surface area (Å²) >= 11 is 0. The van der Waals surface area contributed by atoms with Crippen LogP contribution in [-0.2, 0) is 0 Å². The monoisotopic (exact) mass is 193 g/mol. The van der Waals surface area contributed by atoms with Crippen molar-refractivity contribution in [2.75, 3.05) is 17.7 Å². The topological polar surface area (TPSA) is 50.1 Å². The number of nitrogen functional groups attached to an aromatic ring is 1. The van der Waals surface area contributed by atoms with Gasteiger partial charge in [-0.3, -0.25) is 0 Å². The quantitative estimate of drug-likeness (QED) is 0.369. The number of hydrazine groups is 1. The third-order valence-electron chi connectivity index (χ3n) is 2.05. The fourth-order valence-electron chi connectivity index (χ4n) is 1.19. The standard InChI is InChI=1S/C11H19N3/c1-2-3-4-9-13-14-11-7-5-10(12)6-8-11/h5-8,13-14H,2-4,9,12H2,1H3. The van der Waals surface area contributed by atoms with E-state index in [1.807, 2.05) is 24.3 Å². The van der Waals surface area contributed by atoms with Crippen LogP contribution in [0.2, 0.25) is 0 Å². The molecule has 1 aromatic carbocycles. The third-order valence-corrected chi connectivity index (χ3v) is 2.05. The van der Waals surface area contributed by atoms with Gasteiger partial charge in [0.05, 0.1) is 0 Å². The second-order valence-corrected chi connectivity index (χ2v) is 3.38. The number of anilines is 2. The average Bonchev–Trinajstić information content (AvgIpc) is 2.21. The molecule has 3 heteroatoms. The summed E-state index contributed by atoms with van der Waals surface area (Å²) < 4.78 is 0. The average molecular weight is 193 g/mol. The smallest absolute Gasteiger partial charge is 0.0489 e. The number of nitrogens with two attached hydrogens (primary N) is 1. The van der Waals surface area contributed by atoms with Crippen LogP contribution in [0, 0.1) is 0 Å². The lowest BCUT2D eigenvalue weighted by atomic mass is 10.2. The molecular formula is C11H19N3. The van der Waals surface area contributed by atoms with Gasteiger partial charge in [-0.2, -0.15) is 0 Å². The van der Waals surface area contributed by atoms with Gasteiger partial charge in [-0.15, -0.1) is 0 Å². The largest absolute Gasteiger partial charge is 0.399 e. The number of nitrogens with one attached hydrogen (secondary N) is 2. The molecule has 0 atom stereocenters. The predicted octanol–water partition coefficient (Wildman–Crippen LogP) is 2.38. The van der Waals surface area contributed by atoms with Crippen LogP contribution >= 0.6 is 0 Å². The Hall–Kier alpha value is -1.22. The Kier molecular flexibility index (Phi) is 4.86. The van der Waals surface area contributed by atoms with Gasteiger partial charge >= 0.3 is 0 Å². The Bertz CT molecular complexity index is 243. The maximum atomic E-state index is 5.57. The zero-order valence-electron chi connectivity index (χ0n) is 8.72. The van der Waals surface area contributed by atoms with E-state index < -0.39 is 0 Å². The highest BCUT2D eigenvalue weighted by molar-refractivity contribution is 5.50. The van der Waals surface area contributed by atoms with Crippen LogP contribution in [0.15, 0.2) is 24.3 Å². The van der Waals surface area contributed by atoms with Gasteiger partial charge in [-0.1, -0.05) is 19.8 Å². The summed E-state index contributed by atoms with van der Waals surface area (Å²) in [5, 5.41) is 0. The van der Waals surface area contributed by atoms with Crippen LogP contribution in [0.1, 0.15) is 26.2 Å². The van der Waals surface area contributed by atoms with Crippen LogP contribution in [0.25, 0.3) is 0 Å². The predicted molar refractivity (Wildman–Crippen MR) is 62.0 cm³/mol. The SMILES string of the molecule is CCCCCNNc1ccc(N)cc1. The van der Waals surface area contributed by atoms with Crippen molar-refractivity contribution >= 4 is 11.4 Å². The summed E-state index contributed by atoms with van der Waals surface area (Å²) in [6, 6.07) is 7.69. The molecule has 0 aliphatic carbocycles. The minimum atomic E-state index is 0.793. The van der Waals surface area contributed by atoms with E-state index in [1.165, 1.54) is 19.3 Å². The molecule has 0 saturated carbocycles. The first-order valence-electron chi connectivity index (χ1n) is 5.17. The molecule has 1 aromatic rings. The normalized spacial score (nSPS) is 10.1. The van der Waals surface area contributed by atoms with Crippen molar-refractivity contribution in [3.63, 3.8) is 0 Å². The molecule has 0 aliphatic rings. The van der Waals surface area contributed by atoms with Gasteiger partial charge in [0.25, 0.3) is 0 Å². The van der Waals surface area contributed by atoms with E-state index in [0.29, 0.717) is 0 Å². The number of benzene rings is 1. The second kappa shape index (κ2) is 6.27. The summed E-state index contributed by atoms with van der Waals surface area (Å²) in [5.74, 6) is 0. The maximum absolute atomic E-state index is 5.57. The van der Waals surface area contributed by atoms with E-state index >= 15 is 0 Å². The summed E-state index contributed by atoms with van der Waals surface area (Å²) in [4.78, 5) is 0. The van der Waals surface area contributed by atoms with Crippen molar-refractivity contribution in [2.45, 2.75) is 26.2 Å². The molecule has 0 fully saturated rings. The first-order chi connectivity index (χ1) is 6.83. The van der Waals surface area contributed by atoms with Crippen LogP contribution in [0.5, 0.6) is 0 Å². The van der Waals surface area contributed by atoms with Crippen LogP contribution < -0.4 is 16.6 Å². The molecule has 0 amide bonds. The zero-order valence-corrected chi connectivity index (χ0v) is 8.72. The summed E-state index contributed by atoms with van der Waals surface area (Å²) in [7, 11) is 0. The summed E-state index contributed by atoms with van der Waals surface area (Å²) in [6.07, 6.45) is 3.73. The van der Waals surface area contributed by atoms with Crippen molar-refractivity contribution in [2.24, 2.45) is 0 Å². The molecule has 0 heterocycles. The van der Waals surface area contributed by atoms with Crippen molar-refractivity contribution in [3.05, 3.63) is 24.3 Å². The lowest BCUT2D eigenvalue weighted by Gasteiger charge is -2.07. The first-order valence-corrected chi connectivity index (χ1v) is 5.17. The van der Waals surface area contributed by atoms with Gasteiger partial charge in [-0.05, 0) is 30.7 Å². The number of rotatable bonds is 6. The number of hydrogen-bond acceptors (Lipinski definition) is 3. The highest BCUT2D eigenvalue weighted by Crippen LogP contribution is 2.08. The van der Waals surface area contributed by atoms with Crippen LogP contribution in [0.3, 0.4) is 0 Å². The second-order valence-electron chi connectivity index (χ2n) is 3.38. The molecular weight excluding hydrogens is 174 g/mol. The fourth-order valence-corrected chi connectivity index (χ4v) is 1.19. The Labute approximate surface area is 85.7 Å². The van der Waals surface area contributed by atoms with E-state index in [4.69, 9.17) is 5.73 Å². The molecule has 78 valence electrons. The van der Waals surface area contributed by atoms with E-state index in [9.17, 15) is 0 Å². The first kappa shape index (κ1) is 10.9. The highest BCUT2D eigenvalue weighted by Gasteiger charge is 1.90. The molecule has 1 rings (SSSR count). The molecule has 0 unspecified atom stereocenters. The Balaban J connectivity index is 2.15. The number of unbranched alkanes of at least 4 members (excludes halogenated alkanes) is 2. The van der Waals surface area contributed by atoms with E-state index in [2.05, 4.69) is 17.8 Å². The third kappa shape index (κ3) is 4.14. The van der Waals surface area contributed by atoms with E-state index in [-0.39, 0.29) is 0 Å². The zero-order chi connectivity index (χ0) is 10.2. The van der Waals surface area contributed by atoms with Crippen LogP contribution in [0.4, 0.5) is 11.4 Å². The molecule has 0 aromatic heterocycles. The van der Waals surface area contributed by atoms with Crippen molar-refractivity contribution in [1.82, 2.24) is 5.43 Å². The molecule has 0 radical (unpaired) electrons. The Morgan fingerprint density at radius 1 is 1.14 bits per heavy atom. The van der Waals surface area contributed by atoms with Gasteiger partial charge in [-0.25, -0.2) is 5.43 Å². The molecule has 0 saturated heterocycles. The minimum Gasteiger partial charge on any atom is -0.399 e. The fraction of sp³-hybridized carbons (Fsp3) is 0.455. The van der Waals surface area contributed by atoms with Crippen molar-refractivity contribution < 1.29 is 0 Å². The van der Waals surface area contributed by atoms with Crippen molar-refractivity contribution in [3.8, 4) is 0 Å². The van der Waals surface area contributed by atoms with Crippen molar-refractivity contribution in [1.29, 1.82) is 0 Å². The van der Waals surface area contributed by atoms with Gasteiger partial charge in [0, 0.05) is 17.9 Å². The van der Waals surface area contributed by atoms with Gasteiger partial charge < -0.3 is 11.2 Å².